The Morgan fingerprint density at radius 3 is 2.76 bits per heavy atom. The second-order valence-electron chi connectivity index (χ2n) is 4.92. The summed E-state index contributed by atoms with van der Waals surface area (Å²) in [5, 5.41) is 3.33. The second kappa shape index (κ2) is 6.21. The molecule has 0 amide bonds. The highest BCUT2D eigenvalue weighted by Crippen LogP contribution is 2.07. The normalized spacial score (nSPS) is 11.8. The molecule has 0 saturated carbocycles. The topological polar surface area (TPSA) is 57.8 Å². The third-order valence-electron chi connectivity index (χ3n) is 2.09. The first kappa shape index (κ1) is 14.3. The molecule has 0 spiro atoms. The van der Waals surface area contributed by atoms with Crippen LogP contribution >= 0.6 is 11.8 Å². The molecule has 1 aromatic rings. The molecule has 0 unspecified atom stereocenters. The van der Waals surface area contributed by atoms with Crippen molar-refractivity contribution >= 4 is 11.8 Å². The SMILES string of the molecule is CCSCc1nc(CNC(C)(C)C)cc(=O)[nH]1. The van der Waals surface area contributed by atoms with Gasteiger partial charge in [-0.15, -0.1) is 0 Å². The third-order valence-corrected chi connectivity index (χ3v) is 2.97. The lowest BCUT2D eigenvalue weighted by molar-refractivity contribution is 0.420. The Kier molecular flexibility index (Phi) is 5.21. The van der Waals surface area contributed by atoms with Crippen LogP contribution in [0.15, 0.2) is 10.9 Å². The Balaban J connectivity index is 2.72. The Hall–Kier alpha value is -0.810. The maximum absolute atomic E-state index is 11.5. The summed E-state index contributed by atoms with van der Waals surface area (Å²) in [7, 11) is 0. The molecule has 0 bridgehead atoms. The van der Waals surface area contributed by atoms with Gasteiger partial charge in [0.15, 0.2) is 0 Å². The highest BCUT2D eigenvalue weighted by Gasteiger charge is 2.09. The van der Waals surface area contributed by atoms with Gasteiger partial charge in [-0.3, -0.25) is 4.79 Å². The van der Waals surface area contributed by atoms with Crippen molar-refractivity contribution in [3.63, 3.8) is 0 Å². The van der Waals surface area contributed by atoms with Gasteiger partial charge in [-0.25, -0.2) is 4.98 Å². The summed E-state index contributed by atoms with van der Waals surface area (Å²) < 4.78 is 0. The summed E-state index contributed by atoms with van der Waals surface area (Å²) in [5.74, 6) is 2.54. The fourth-order valence-corrected chi connectivity index (χ4v) is 1.81. The number of nitrogens with zero attached hydrogens (tertiary/aromatic N) is 1. The third kappa shape index (κ3) is 5.89. The molecule has 1 heterocycles. The van der Waals surface area contributed by atoms with Crippen molar-refractivity contribution in [1.82, 2.24) is 15.3 Å². The van der Waals surface area contributed by atoms with Crippen LogP contribution in [0.1, 0.15) is 39.2 Å². The van der Waals surface area contributed by atoms with Gasteiger partial charge in [0.25, 0.3) is 5.56 Å². The van der Waals surface area contributed by atoms with Crippen LogP contribution in [-0.2, 0) is 12.3 Å². The Morgan fingerprint density at radius 2 is 2.18 bits per heavy atom. The number of nitrogens with one attached hydrogen (secondary N) is 2. The molecule has 96 valence electrons. The number of rotatable bonds is 5. The molecule has 0 fully saturated rings. The maximum Gasteiger partial charge on any atom is 0.251 e. The minimum Gasteiger partial charge on any atom is -0.310 e. The molecule has 0 aliphatic rings. The highest BCUT2D eigenvalue weighted by molar-refractivity contribution is 7.98. The molecule has 17 heavy (non-hydrogen) atoms. The van der Waals surface area contributed by atoms with Crippen LogP contribution in [0.4, 0.5) is 0 Å². The van der Waals surface area contributed by atoms with Crippen LogP contribution < -0.4 is 10.9 Å². The smallest absolute Gasteiger partial charge is 0.251 e. The maximum atomic E-state index is 11.5. The molecule has 0 aromatic carbocycles. The zero-order valence-electron chi connectivity index (χ0n) is 11.0. The molecule has 4 nitrogen and oxygen atoms in total. The predicted octanol–water partition coefficient (Wildman–Crippen LogP) is 1.91. The van der Waals surface area contributed by atoms with Crippen LogP contribution in [0.25, 0.3) is 0 Å². The lowest BCUT2D eigenvalue weighted by Gasteiger charge is -2.20. The van der Waals surface area contributed by atoms with Gasteiger partial charge in [-0.1, -0.05) is 6.92 Å². The lowest BCUT2D eigenvalue weighted by atomic mass is 10.1. The van der Waals surface area contributed by atoms with Gasteiger partial charge >= 0.3 is 0 Å². The van der Waals surface area contributed by atoms with Gasteiger partial charge in [-0.2, -0.15) is 11.8 Å². The molecule has 0 atom stereocenters. The van der Waals surface area contributed by atoms with Gasteiger partial charge in [0.1, 0.15) is 5.82 Å². The van der Waals surface area contributed by atoms with E-state index in [-0.39, 0.29) is 11.1 Å². The number of hydrogen-bond acceptors (Lipinski definition) is 4. The number of thioether (sulfide) groups is 1. The number of H-pyrrole nitrogens is 1. The molecule has 0 aliphatic carbocycles. The van der Waals surface area contributed by atoms with Crippen molar-refractivity contribution in [2.24, 2.45) is 0 Å². The largest absolute Gasteiger partial charge is 0.310 e. The van der Waals surface area contributed by atoms with Crippen molar-refractivity contribution < 1.29 is 0 Å². The van der Waals surface area contributed by atoms with Crippen molar-refractivity contribution in [1.29, 1.82) is 0 Å². The zero-order chi connectivity index (χ0) is 12.9. The van der Waals surface area contributed by atoms with Crippen LogP contribution in [0.3, 0.4) is 0 Å². The van der Waals surface area contributed by atoms with E-state index in [0.717, 1.165) is 23.0 Å². The first-order valence-corrected chi connectivity index (χ1v) is 6.98. The van der Waals surface area contributed by atoms with Gasteiger partial charge in [-0.05, 0) is 26.5 Å². The second-order valence-corrected chi connectivity index (χ2v) is 6.20. The quantitative estimate of drug-likeness (QED) is 0.844. The molecule has 1 aromatic heterocycles. The zero-order valence-corrected chi connectivity index (χ0v) is 11.8. The van der Waals surface area contributed by atoms with Crippen LogP contribution in [0, 0.1) is 0 Å². The average Bonchev–Trinajstić information content (AvgIpc) is 2.22. The first-order chi connectivity index (χ1) is 7.90. The summed E-state index contributed by atoms with van der Waals surface area (Å²) in [5.41, 5.74) is 0.760. The van der Waals surface area contributed by atoms with E-state index in [1.54, 1.807) is 17.8 Å². The average molecular weight is 255 g/mol. The first-order valence-electron chi connectivity index (χ1n) is 5.82. The Labute approximate surface area is 107 Å². The molecular formula is C12H21N3OS. The van der Waals surface area contributed by atoms with Gasteiger partial charge in [0.2, 0.25) is 0 Å². The van der Waals surface area contributed by atoms with Gasteiger partial charge in [0, 0.05) is 18.2 Å². The van der Waals surface area contributed by atoms with E-state index in [4.69, 9.17) is 0 Å². The fourth-order valence-electron chi connectivity index (χ4n) is 1.28. The fraction of sp³-hybridized carbons (Fsp3) is 0.667. The van der Waals surface area contributed by atoms with E-state index in [0.29, 0.717) is 6.54 Å². The molecule has 5 heteroatoms. The Bertz CT molecular complexity index is 409. The van der Waals surface area contributed by atoms with Crippen molar-refractivity contribution in [3.8, 4) is 0 Å². The van der Waals surface area contributed by atoms with Crippen molar-refractivity contribution in [2.75, 3.05) is 5.75 Å². The van der Waals surface area contributed by atoms with E-state index in [9.17, 15) is 4.79 Å². The molecule has 2 N–H and O–H groups in total. The molecule has 0 aliphatic heterocycles. The van der Waals surface area contributed by atoms with E-state index >= 15 is 0 Å². The summed E-state index contributed by atoms with van der Waals surface area (Å²) in [6.45, 7) is 8.99. The van der Waals surface area contributed by atoms with Crippen LogP contribution in [0.2, 0.25) is 0 Å². The summed E-state index contributed by atoms with van der Waals surface area (Å²) in [6.07, 6.45) is 0. The van der Waals surface area contributed by atoms with E-state index in [1.165, 1.54) is 0 Å². The van der Waals surface area contributed by atoms with Crippen molar-refractivity contribution in [2.45, 2.75) is 45.5 Å². The van der Waals surface area contributed by atoms with E-state index in [2.05, 4.69) is 43.0 Å². The number of hydrogen-bond donors (Lipinski definition) is 2. The molecular weight excluding hydrogens is 234 g/mol. The number of aromatic nitrogens is 2. The Morgan fingerprint density at radius 1 is 1.47 bits per heavy atom. The standard InChI is InChI=1S/C12H21N3OS/c1-5-17-8-10-14-9(6-11(16)15-10)7-13-12(2,3)4/h6,13H,5,7-8H2,1-4H3,(H,14,15,16). The predicted molar refractivity (Wildman–Crippen MR) is 73.3 cm³/mol. The van der Waals surface area contributed by atoms with Gasteiger partial charge < -0.3 is 10.3 Å². The molecule has 0 saturated heterocycles. The van der Waals surface area contributed by atoms with Crippen molar-refractivity contribution in [3.05, 3.63) is 27.9 Å². The number of aromatic amines is 1. The van der Waals surface area contributed by atoms with Crippen LogP contribution in [0.5, 0.6) is 0 Å². The summed E-state index contributed by atoms with van der Waals surface area (Å²) in [6, 6.07) is 1.55. The monoisotopic (exact) mass is 255 g/mol. The van der Waals surface area contributed by atoms with E-state index < -0.39 is 0 Å². The molecule has 0 radical (unpaired) electrons. The van der Waals surface area contributed by atoms with Crippen LogP contribution in [-0.4, -0.2) is 21.3 Å². The molecule has 1 rings (SSSR count). The van der Waals surface area contributed by atoms with Gasteiger partial charge in [0.05, 0.1) is 11.4 Å². The van der Waals surface area contributed by atoms with E-state index in [1.807, 2.05) is 0 Å². The summed E-state index contributed by atoms with van der Waals surface area (Å²) >= 11 is 1.75. The minimum absolute atomic E-state index is 0.0304. The lowest BCUT2D eigenvalue weighted by Crippen LogP contribution is -2.35. The minimum atomic E-state index is -0.0718. The highest BCUT2D eigenvalue weighted by atomic mass is 32.2. The summed E-state index contributed by atoms with van der Waals surface area (Å²) in [4.78, 5) is 18.7.